The molecule has 0 unspecified atom stereocenters. The molecule has 8 heteroatoms. The molecule has 0 amide bonds. The molecule has 0 aliphatic carbocycles. The highest BCUT2D eigenvalue weighted by Gasteiger charge is 2.29. The van der Waals surface area contributed by atoms with Gasteiger partial charge in [0.15, 0.2) is 5.82 Å². The van der Waals surface area contributed by atoms with E-state index in [1.54, 1.807) is 49.6 Å². The molecule has 5 aromatic rings. The van der Waals surface area contributed by atoms with Crippen LogP contribution in [0.15, 0.2) is 131 Å². The smallest absolute Gasteiger partial charge is 0.255 e. The first-order chi connectivity index (χ1) is 19.0. The predicted octanol–water partition coefficient (Wildman–Crippen LogP) is 5.99. The summed E-state index contributed by atoms with van der Waals surface area (Å²) in [4.78, 5) is 4.84. The lowest BCUT2D eigenvalue weighted by Crippen LogP contribution is -2.29. The van der Waals surface area contributed by atoms with Gasteiger partial charge in [0.25, 0.3) is 5.89 Å². The summed E-state index contributed by atoms with van der Waals surface area (Å²) in [5.74, 6) is 0.946. The summed E-state index contributed by atoms with van der Waals surface area (Å²) in [6.07, 6.45) is 0. The van der Waals surface area contributed by atoms with Crippen molar-refractivity contribution in [3.8, 4) is 5.75 Å². The Morgan fingerprint density at radius 1 is 0.795 bits per heavy atom. The van der Waals surface area contributed by atoms with E-state index in [1.807, 2.05) is 60.7 Å². The highest BCUT2D eigenvalue weighted by atomic mass is 32.2. The summed E-state index contributed by atoms with van der Waals surface area (Å²) in [6.45, 7) is 4.19. The number of rotatable bonds is 10. The molecule has 196 valence electrons. The average molecular weight is 538 g/mol. The predicted molar refractivity (Wildman–Crippen MR) is 150 cm³/mol. The van der Waals surface area contributed by atoms with Crippen molar-refractivity contribution >= 4 is 15.6 Å². The van der Waals surface area contributed by atoms with Crippen LogP contribution in [0.2, 0.25) is 0 Å². The van der Waals surface area contributed by atoms with Gasteiger partial charge < -0.3 is 9.26 Å². The molecule has 7 nitrogen and oxygen atoms in total. The van der Waals surface area contributed by atoms with Crippen LogP contribution in [0.25, 0.3) is 5.57 Å². The van der Waals surface area contributed by atoms with Crippen molar-refractivity contribution in [1.29, 1.82) is 0 Å². The van der Waals surface area contributed by atoms with Gasteiger partial charge in [-0.15, -0.1) is 0 Å². The summed E-state index contributed by atoms with van der Waals surface area (Å²) < 4.78 is 40.4. The Kier molecular flexibility index (Phi) is 7.67. The van der Waals surface area contributed by atoms with E-state index >= 15 is 0 Å². The maximum Gasteiger partial charge on any atom is 0.255 e. The second-order valence-corrected chi connectivity index (χ2v) is 10.6. The topological polar surface area (TPSA) is 94.3 Å². The van der Waals surface area contributed by atoms with Gasteiger partial charge in [0.2, 0.25) is 10.0 Å². The van der Waals surface area contributed by atoms with Crippen LogP contribution in [0.4, 0.5) is 0 Å². The van der Waals surface area contributed by atoms with Gasteiger partial charge in [-0.2, -0.15) is 9.71 Å². The SMILES string of the molecule is C=C(c1nc(C(c2ccccc2)c2ccccc2)no1)[C@@H](NS(=O)(=O)c1ccccc1)c1ccc(OC)cc1. The number of nitrogens with one attached hydrogen (secondary N) is 1. The number of ether oxygens (including phenoxy) is 1. The molecule has 1 N–H and O–H groups in total. The number of benzene rings is 4. The van der Waals surface area contributed by atoms with Crippen LogP contribution in [0.1, 0.15) is 40.4 Å². The van der Waals surface area contributed by atoms with Crippen molar-refractivity contribution in [2.75, 3.05) is 7.11 Å². The van der Waals surface area contributed by atoms with Crippen LogP contribution in [-0.4, -0.2) is 25.7 Å². The number of aromatic nitrogens is 2. The third kappa shape index (κ3) is 5.82. The lowest BCUT2D eigenvalue weighted by atomic mass is 9.91. The Morgan fingerprint density at radius 2 is 1.33 bits per heavy atom. The Balaban J connectivity index is 1.53. The van der Waals surface area contributed by atoms with Gasteiger partial charge in [0.05, 0.1) is 24.0 Å². The van der Waals surface area contributed by atoms with Crippen LogP contribution in [0, 0.1) is 0 Å². The molecule has 0 aliphatic heterocycles. The van der Waals surface area contributed by atoms with E-state index in [4.69, 9.17) is 14.2 Å². The highest BCUT2D eigenvalue weighted by Crippen LogP contribution is 2.34. The van der Waals surface area contributed by atoms with Crippen molar-refractivity contribution in [3.63, 3.8) is 0 Å². The number of nitrogens with zero attached hydrogens (tertiary/aromatic N) is 2. The minimum atomic E-state index is -3.90. The van der Waals surface area contributed by atoms with E-state index in [1.165, 1.54) is 12.1 Å². The number of methoxy groups -OCH3 is 1. The molecule has 0 aliphatic rings. The molecule has 0 fully saturated rings. The lowest BCUT2D eigenvalue weighted by Gasteiger charge is -2.20. The Labute approximate surface area is 227 Å². The molecule has 1 atom stereocenters. The molecule has 0 spiro atoms. The van der Waals surface area contributed by atoms with E-state index < -0.39 is 16.1 Å². The fourth-order valence-corrected chi connectivity index (χ4v) is 5.59. The summed E-state index contributed by atoms with van der Waals surface area (Å²) in [5, 5.41) is 4.30. The monoisotopic (exact) mass is 537 g/mol. The van der Waals surface area contributed by atoms with Crippen molar-refractivity contribution < 1.29 is 17.7 Å². The third-order valence-electron chi connectivity index (χ3n) is 6.36. The summed E-state index contributed by atoms with van der Waals surface area (Å²) >= 11 is 0. The summed E-state index contributed by atoms with van der Waals surface area (Å²) in [5.41, 5.74) is 2.96. The molecule has 0 saturated heterocycles. The molecule has 4 aromatic carbocycles. The van der Waals surface area contributed by atoms with E-state index in [2.05, 4.69) is 16.5 Å². The fraction of sp³-hybridized carbons (Fsp3) is 0.0968. The first-order valence-electron chi connectivity index (χ1n) is 12.3. The van der Waals surface area contributed by atoms with Gasteiger partial charge in [0.1, 0.15) is 5.75 Å². The van der Waals surface area contributed by atoms with E-state index in [9.17, 15) is 8.42 Å². The Hall–Kier alpha value is -4.53. The van der Waals surface area contributed by atoms with E-state index in [0.29, 0.717) is 22.7 Å². The van der Waals surface area contributed by atoms with Gasteiger partial charge in [-0.25, -0.2) is 8.42 Å². The second kappa shape index (κ2) is 11.5. The first kappa shape index (κ1) is 26.1. The molecular formula is C31H27N3O4S. The Bertz CT molecular complexity index is 1600. The molecule has 0 radical (unpaired) electrons. The zero-order chi connectivity index (χ0) is 27.2. The molecular weight excluding hydrogens is 510 g/mol. The van der Waals surface area contributed by atoms with Crippen molar-refractivity contribution in [1.82, 2.24) is 14.9 Å². The van der Waals surface area contributed by atoms with Crippen molar-refractivity contribution in [3.05, 3.63) is 150 Å². The minimum Gasteiger partial charge on any atom is -0.497 e. The lowest BCUT2D eigenvalue weighted by molar-refractivity contribution is 0.396. The maximum atomic E-state index is 13.3. The van der Waals surface area contributed by atoms with Crippen LogP contribution >= 0.6 is 0 Å². The number of sulfonamides is 1. The van der Waals surface area contributed by atoms with Crippen molar-refractivity contribution in [2.45, 2.75) is 16.9 Å². The van der Waals surface area contributed by atoms with Gasteiger partial charge >= 0.3 is 0 Å². The van der Waals surface area contributed by atoms with E-state index in [-0.39, 0.29) is 16.7 Å². The average Bonchev–Trinajstić information content (AvgIpc) is 3.47. The molecule has 0 saturated carbocycles. The summed E-state index contributed by atoms with van der Waals surface area (Å²) in [7, 11) is -2.33. The van der Waals surface area contributed by atoms with Gasteiger partial charge in [0, 0.05) is 5.57 Å². The van der Waals surface area contributed by atoms with Gasteiger partial charge in [-0.05, 0) is 41.0 Å². The minimum absolute atomic E-state index is 0.135. The van der Waals surface area contributed by atoms with Crippen LogP contribution in [0.3, 0.4) is 0 Å². The summed E-state index contributed by atoms with van der Waals surface area (Å²) in [6, 6.07) is 34.1. The van der Waals surface area contributed by atoms with Crippen LogP contribution in [-0.2, 0) is 10.0 Å². The van der Waals surface area contributed by atoms with Crippen LogP contribution < -0.4 is 9.46 Å². The largest absolute Gasteiger partial charge is 0.497 e. The van der Waals surface area contributed by atoms with Crippen molar-refractivity contribution in [2.24, 2.45) is 0 Å². The Morgan fingerprint density at radius 3 is 1.87 bits per heavy atom. The van der Waals surface area contributed by atoms with Gasteiger partial charge in [-0.1, -0.05) is 103 Å². The zero-order valence-corrected chi connectivity index (χ0v) is 22.1. The molecule has 5 rings (SSSR count). The molecule has 0 bridgehead atoms. The molecule has 39 heavy (non-hydrogen) atoms. The molecule has 1 aromatic heterocycles. The van der Waals surface area contributed by atoms with Gasteiger partial charge in [-0.3, -0.25) is 0 Å². The zero-order valence-electron chi connectivity index (χ0n) is 21.3. The maximum absolute atomic E-state index is 13.3. The van der Waals surface area contributed by atoms with Crippen LogP contribution in [0.5, 0.6) is 5.75 Å². The standard InChI is InChI=1S/C31H27N3O4S/c1-22(29(25-18-20-26(37-2)21-19-25)34-39(35,36)27-16-10-5-11-17-27)31-32-30(33-38-31)28(23-12-6-3-7-13-23)24-14-8-4-9-15-24/h3-21,28-29,34H,1H2,2H3/t29-/m1/s1. The second-order valence-electron chi connectivity index (χ2n) is 8.88. The highest BCUT2D eigenvalue weighted by molar-refractivity contribution is 7.89. The number of hydrogen-bond acceptors (Lipinski definition) is 6. The third-order valence-corrected chi connectivity index (χ3v) is 7.80. The van der Waals surface area contributed by atoms with E-state index in [0.717, 1.165) is 11.1 Å². The normalized spacial score (nSPS) is 12.3. The quantitative estimate of drug-likeness (QED) is 0.235. The fourth-order valence-electron chi connectivity index (χ4n) is 4.35. The first-order valence-corrected chi connectivity index (χ1v) is 13.8. The molecule has 1 heterocycles. The number of hydrogen-bond donors (Lipinski definition) is 1.